The van der Waals surface area contributed by atoms with E-state index in [9.17, 15) is 5.11 Å². The molecule has 1 fully saturated rings. The maximum Gasteiger partial charge on any atom is 0.0797 e. The molecule has 2 N–H and O–H groups in total. The first-order valence-corrected chi connectivity index (χ1v) is 5.35. The van der Waals surface area contributed by atoms with Crippen LogP contribution in [0.15, 0.2) is 0 Å². The van der Waals surface area contributed by atoms with E-state index in [4.69, 9.17) is 0 Å². The number of aliphatic hydroxyl groups is 1. The lowest BCUT2D eigenvalue weighted by Crippen LogP contribution is -2.48. The van der Waals surface area contributed by atoms with Gasteiger partial charge in [-0.25, -0.2) is 0 Å². The molecule has 1 atom stereocenters. The molecule has 1 aliphatic rings. The van der Waals surface area contributed by atoms with Crippen molar-refractivity contribution in [2.45, 2.75) is 58.1 Å². The van der Waals surface area contributed by atoms with E-state index >= 15 is 0 Å². The smallest absolute Gasteiger partial charge is 0.0797 e. The van der Waals surface area contributed by atoms with E-state index in [1.807, 2.05) is 0 Å². The maximum absolute atomic E-state index is 10.3. The predicted octanol–water partition coefficient (Wildman–Crippen LogP) is 1.93. The van der Waals surface area contributed by atoms with Crippen LogP contribution in [-0.2, 0) is 0 Å². The molecule has 0 bridgehead atoms. The molecule has 1 saturated carbocycles. The summed E-state index contributed by atoms with van der Waals surface area (Å²) in [5.74, 6) is 0.548. The van der Waals surface area contributed by atoms with Crippen LogP contribution >= 0.6 is 0 Å². The molecular formula is C11H23NO. The minimum absolute atomic E-state index is 0.109. The fraction of sp³-hybridized carbons (Fsp3) is 1.00. The molecule has 0 aromatic rings. The summed E-state index contributed by atoms with van der Waals surface area (Å²) in [6.45, 7) is 9.21. The lowest BCUT2D eigenvalue weighted by atomic mass is 9.93. The highest BCUT2D eigenvalue weighted by Crippen LogP contribution is 2.41. The summed E-state index contributed by atoms with van der Waals surface area (Å²) >= 11 is 0. The summed E-state index contributed by atoms with van der Waals surface area (Å²) in [6.07, 6.45) is 3.27. The third-order valence-electron chi connectivity index (χ3n) is 2.87. The van der Waals surface area contributed by atoms with Crippen LogP contribution < -0.4 is 5.32 Å². The molecule has 0 aromatic carbocycles. The largest absolute Gasteiger partial charge is 0.388 e. The van der Waals surface area contributed by atoms with Crippen molar-refractivity contribution in [1.82, 2.24) is 5.32 Å². The van der Waals surface area contributed by atoms with Crippen LogP contribution in [-0.4, -0.2) is 22.8 Å². The predicted molar refractivity (Wildman–Crippen MR) is 55.7 cm³/mol. The molecule has 2 nitrogen and oxygen atoms in total. The molecule has 0 spiro atoms. The summed E-state index contributed by atoms with van der Waals surface area (Å²) in [4.78, 5) is 0. The van der Waals surface area contributed by atoms with Gasteiger partial charge in [-0.05, 0) is 46.0 Å². The van der Waals surface area contributed by atoms with Crippen molar-refractivity contribution in [1.29, 1.82) is 0 Å². The molecule has 0 radical (unpaired) electrons. The second kappa shape index (κ2) is 3.58. The topological polar surface area (TPSA) is 32.3 Å². The molecule has 1 rings (SSSR count). The Balaban J connectivity index is 2.39. The molecule has 2 heteroatoms. The number of nitrogens with one attached hydrogen (secondary N) is 1. The Kier molecular flexibility index (Phi) is 3.03. The molecular weight excluding hydrogens is 162 g/mol. The van der Waals surface area contributed by atoms with Gasteiger partial charge < -0.3 is 10.4 Å². The lowest BCUT2D eigenvalue weighted by Gasteiger charge is -2.31. The van der Waals surface area contributed by atoms with E-state index < -0.39 is 5.60 Å². The second-order valence-corrected chi connectivity index (χ2v) is 5.33. The standard InChI is InChI=1S/C11H23NO/c1-5-11(13,9-6-7-9)8-12-10(2,3)4/h9,12-13H,5-8H2,1-4H3. The maximum atomic E-state index is 10.3. The van der Waals surface area contributed by atoms with Crippen molar-refractivity contribution < 1.29 is 5.11 Å². The van der Waals surface area contributed by atoms with Gasteiger partial charge in [0.2, 0.25) is 0 Å². The minimum Gasteiger partial charge on any atom is -0.388 e. The van der Waals surface area contributed by atoms with Gasteiger partial charge in [-0.2, -0.15) is 0 Å². The first-order valence-electron chi connectivity index (χ1n) is 5.35. The molecule has 0 heterocycles. The van der Waals surface area contributed by atoms with Gasteiger partial charge in [0, 0.05) is 12.1 Å². The van der Waals surface area contributed by atoms with Crippen LogP contribution in [0.3, 0.4) is 0 Å². The third kappa shape index (κ3) is 3.28. The summed E-state index contributed by atoms with van der Waals surface area (Å²) in [7, 11) is 0. The van der Waals surface area contributed by atoms with E-state index in [0.717, 1.165) is 13.0 Å². The summed E-state index contributed by atoms with van der Waals surface area (Å²) in [6, 6.07) is 0. The molecule has 13 heavy (non-hydrogen) atoms. The van der Waals surface area contributed by atoms with E-state index in [1.54, 1.807) is 0 Å². The normalized spacial score (nSPS) is 22.8. The minimum atomic E-state index is -0.451. The quantitative estimate of drug-likeness (QED) is 0.701. The summed E-state index contributed by atoms with van der Waals surface area (Å²) in [5.41, 5.74) is -0.342. The highest BCUT2D eigenvalue weighted by atomic mass is 16.3. The van der Waals surface area contributed by atoms with Crippen molar-refractivity contribution in [2.75, 3.05) is 6.54 Å². The van der Waals surface area contributed by atoms with Crippen LogP contribution in [0.4, 0.5) is 0 Å². The van der Waals surface area contributed by atoms with Gasteiger partial charge >= 0.3 is 0 Å². The van der Waals surface area contributed by atoms with Crippen molar-refractivity contribution >= 4 is 0 Å². The molecule has 1 aliphatic carbocycles. The third-order valence-corrected chi connectivity index (χ3v) is 2.87. The van der Waals surface area contributed by atoms with E-state index in [1.165, 1.54) is 12.8 Å². The van der Waals surface area contributed by atoms with Gasteiger partial charge in [0.15, 0.2) is 0 Å². The first kappa shape index (κ1) is 11.0. The molecule has 78 valence electrons. The average Bonchev–Trinajstić information content (AvgIpc) is 2.81. The summed E-state index contributed by atoms with van der Waals surface area (Å²) < 4.78 is 0. The van der Waals surface area contributed by atoms with Crippen molar-refractivity contribution in [3.63, 3.8) is 0 Å². The average molecular weight is 185 g/mol. The van der Waals surface area contributed by atoms with Crippen molar-refractivity contribution in [3.05, 3.63) is 0 Å². The highest BCUT2D eigenvalue weighted by Gasteiger charge is 2.42. The van der Waals surface area contributed by atoms with Gasteiger partial charge in [0.1, 0.15) is 0 Å². The molecule has 1 unspecified atom stereocenters. The van der Waals surface area contributed by atoms with Crippen LogP contribution in [0, 0.1) is 5.92 Å². The van der Waals surface area contributed by atoms with Gasteiger partial charge in [-0.1, -0.05) is 6.92 Å². The van der Waals surface area contributed by atoms with Crippen LogP contribution in [0.5, 0.6) is 0 Å². The Morgan fingerprint density at radius 3 is 2.15 bits per heavy atom. The number of hydrogen-bond donors (Lipinski definition) is 2. The van der Waals surface area contributed by atoms with Crippen LogP contribution in [0.2, 0.25) is 0 Å². The fourth-order valence-corrected chi connectivity index (χ4v) is 1.60. The Morgan fingerprint density at radius 2 is 1.85 bits per heavy atom. The van der Waals surface area contributed by atoms with E-state index in [2.05, 4.69) is 33.0 Å². The molecule has 0 aliphatic heterocycles. The first-order chi connectivity index (χ1) is 5.87. The van der Waals surface area contributed by atoms with Gasteiger partial charge in [-0.3, -0.25) is 0 Å². The lowest BCUT2D eigenvalue weighted by molar-refractivity contribution is 0.00893. The van der Waals surface area contributed by atoms with E-state index in [0.29, 0.717) is 5.92 Å². The van der Waals surface area contributed by atoms with Crippen molar-refractivity contribution in [3.8, 4) is 0 Å². The fourth-order valence-electron chi connectivity index (χ4n) is 1.60. The molecule has 0 amide bonds. The Morgan fingerprint density at radius 1 is 1.31 bits per heavy atom. The zero-order chi connectivity index (χ0) is 10.1. The highest BCUT2D eigenvalue weighted by molar-refractivity contribution is 4.96. The second-order valence-electron chi connectivity index (χ2n) is 5.33. The zero-order valence-corrected chi connectivity index (χ0v) is 9.35. The number of β-amino-alcohol motifs (C(OH)–C–C–N with tert-alkyl or cyclic N) is 1. The van der Waals surface area contributed by atoms with E-state index in [-0.39, 0.29) is 5.54 Å². The zero-order valence-electron chi connectivity index (χ0n) is 9.35. The monoisotopic (exact) mass is 185 g/mol. The Bertz CT molecular complexity index is 169. The SMILES string of the molecule is CCC(O)(CNC(C)(C)C)C1CC1. The Hall–Kier alpha value is -0.0800. The van der Waals surface area contributed by atoms with Gasteiger partial charge in [0.25, 0.3) is 0 Å². The Labute approximate surface area is 81.7 Å². The number of hydrogen-bond acceptors (Lipinski definition) is 2. The van der Waals surface area contributed by atoms with Crippen LogP contribution in [0.1, 0.15) is 47.0 Å². The summed E-state index contributed by atoms with van der Waals surface area (Å²) in [5, 5.41) is 13.6. The van der Waals surface area contributed by atoms with Gasteiger partial charge in [0.05, 0.1) is 5.60 Å². The molecule has 0 saturated heterocycles. The number of rotatable bonds is 4. The van der Waals surface area contributed by atoms with Crippen molar-refractivity contribution in [2.24, 2.45) is 5.92 Å². The van der Waals surface area contributed by atoms with Gasteiger partial charge in [-0.15, -0.1) is 0 Å². The molecule has 0 aromatic heterocycles. The van der Waals surface area contributed by atoms with Crippen LogP contribution in [0.25, 0.3) is 0 Å².